The number of hydrogen-bond donors (Lipinski definition) is 2. The average molecular weight is 242 g/mol. The van der Waals surface area contributed by atoms with Crippen LogP contribution in [-0.2, 0) is 15.9 Å². The number of nitrogens with one attached hydrogen (secondary N) is 1. The van der Waals surface area contributed by atoms with Gasteiger partial charge < -0.3 is 19.6 Å². The molecule has 0 radical (unpaired) electrons. The number of aromatic carboxylic acids is 1. The third-order valence-corrected chi connectivity index (χ3v) is 2.00. The summed E-state index contributed by atoms with van der Waals surface area (Å²) in [6.07, 6.45) is 1.46. The Kier molecular flexibility index (Phi) is 5.31. The van der Waals surface area contributed by atoms with Crippen molar-refractivity contribution in [2.24, 2.45) is 0 Å². The van der Waals surface area contributed by atoms with Gasteiger partial charge in [-0.05, 0) is 0 Å². The van der Waals surface area contributed by atoms with Gasteiger partial charge in [-0.25, -0.2) is 9.78 Å². The highest BCUT2D eigenvalue weighted by molar-refractivity contribution is 5.86. The Morgan fingerprint density at radius 2 is 2.24 bits per heavy atom. The van der Waals surface area contributed by atoms with Crippen LogP contribution in [0, 0.1) is 0 Å². The standard InChI is InChI=1S/C10H14N2O5/c1-16-4-5-17-3-2-8-11-6-7(10(14)15)9(13)12-8/h6H,2-5H2,1H3,(H,14,15)(H,11,12,13). The summed E-state index contributed by atoms with van der Waals surface area (Å²) >= 11 is 0. The van der Waals surface area contributed by atoms with Gasteiger partial charge in [0.2, 0.25) is 0 Å². The van der Waals surface area contributed by atoms with Crippen LogP contribution in [0.15, 0.2) is 11.0 Å². The minimum atomic E-state index is -1.29. The van der Waals surface area contributed by atoms with E-state index in [9.17, 15) is 9.59 Å². The topological polar surface area (TPSA) is 102 Å². The Morgan fingerprint density at radius 1 is 1.47 bits per heavy atom. The summed E-state index contributed by atoms with van der Waals surface area (Å²) < 4.78 is 9.98. The average Bonchev–Trinajstić information content (AvgIpc) is 2.28. The molecule has 0 aliphatic carbocycles. The maximum absolute atomic E-state index is 11.3. The van der Waals surface area contributed by atoms with Crippen molar-refractivity contribution in [3.63, 3.8) is 0 Å². The van der Waals surface area contributed by atoms with Crippen LogP contribution in [0.1, 0.15) is 16.2 Å². The second-order valence-electron chi connectivity index (χ2n) is 3.23. The van der Waals surface area contributed by atoms with Gasteiger partial charge in [-0.15, -0.1) is 0 Å². The zero-order valence-electron chi connectivity index (χ0n) is 9.43. The Morgan fingerprint density at radius 3 is 2.82 bits per heavy atom. The van der Waals surface area contributed by atoms with Gasteiger partial charge in [0.15, 0.2) is 0 Å². The normalized spacial score (nSPS) is 10.4. The summed E-state index contributed by atoms with van der Waals surface area (Å²) in [6, 6.07) is 0. The molecule has 0 unspecified atom stereocenters. The number of aromatic nitrogens is 2. The second kappa shape index (κ2) is 6.77. The Labute approximate surface area is 97.4 Å². The van der Waals surface area contributed by atoms with Crippen molar-refractivity contribution in [3.8, 4) is 0 Å². The van der Waals surface area contributed by atoms with Gasteiger partial charge in [-0.3, -0.25) is 4.79 Å². The molecule has 0 saturated carbocycles. The van der Waals surface area contributed by atoms with Crippen LogP contribution in [0.2, 0.25) is 0 Å². The van der Waals surface area contributed by atoms with E-state index in [1.165, 1.54) is 0 Å². The van der Waals surface area contributed by atoms with E-state index in [2.05, 4.69) is 9.97 Å². The van der Waals surface area contributed by atoms with E-state index in [-0.39, 0.29) is 5.56 Å². The number of aromatic amines is 1. The summed E-state index contributed by atoms with van der Waals surface area (Å²) in [6.45, 7) is 1.36. The molecule has 94 valence electrons. The van der Waals surface area contributed by atoms with E-state index in [1.807, 2.05) is 0 Å². The fourth-order valence-electron chi connectivity index (χ4n) is 1.12. The first-order chi connectivity index (χ1) is 8.15. The molecule has 0 spiro atoms. The molecule has 7 heteroatoms. The SMILES string of the molecule is COCCOCCc1ncc(C(=O)O)c(=O)[nH]1. The Hall–Kier alpha value is -1.73. The van der Waals surface area contributed by atoms with Crippen molar-refractivity contribution in [2.75, 3.05) is 26.9 Å². The predicted molar refractivity (Wildman–Crippen MR) is 58.2 cm³/mol. The molecule has 7 nitrogen and oxygen atoms in total. The number of carbonyl (C=O) groups is 1. The lowest BCUT2D eigenvalue weighted by atomic mass is 10.3. The summed E-state index contributed by atoms with van der Waals surface area (Å²) in [7, 11) is 1.58. The quantitative estimate of drug-likeness (QED) is 0.635. The van der Waals surface area contributed by atoms with Crippen molar-refractivity contribution < 1.29 is 19.4 Å². The molecular formula is C10H14N2O5. The molecule has 0 aliphatic rings. The third kappa shape index (κ3) is 4.33. The van der Waals surface area contributed by atoms with Gasteiger partial charge in [-0.2, -0.15) is 0 Å². The van der Waals surface area contributed by atoms with Crippen LogP contribution in [0.25, 0.3) is 0 Å². The Bertz CT molecular complexity index is 429. The smallest absolute Gasteiger partial charge is 0.342 e. The molecule has 0 fully saturated rings. The van der Waals surface area contributed by atoms with Crippen molar-refractivity contribution >= 4 is 5.97 Å². The van der Waals surface area contributed by atoms with Crippen LogP contribution < -0.4 is 5.56 Å². The van der Waals surface area contributed by atoms with Crippen LogP contribution in [0.4, 0.5) is 0 Å². The number of H-pyrrole nitrogens is 1. The summed E-state index contributed by atoms with van der Waals surface area (Å²) in [4.78, 5) is 28.1. The van der Waals surface area contributed by atoms with Gasteiger partial charge in [0.1, 0.15) is 11.4 Å². The van der Waals surface area contributed by atoms with E-state index in [0.29, 0.717) is 32.1 Å². The molecule has 1 heterocycles. The fourth-order valence-corrected chi connectivity index (χ4v) is 1.12. The van der Waals surface area contributed by atoms with E-state index >= 15 is 0 Å². The van der Waals surface area contributed by atoms with Gasteiger partial charge in [0, 0.05) is 19.7 Å². The summed E-state index contributed by atoms with van der Waals surface area (Å²) in [5.41, 5.74) is -1.02. The summed E-state index contributed by atoms with van der Waals surface area (Å²) in [5.74, 6) is -0.890. The lowest BCUT2D eigenvalue weighted by Gasteiger charge is -2.03. The largest absolute Gasteiger partial charge is 0.477 e. The maximum atomic E-state index is 11.3. The van der Waals surface area contributed by atoms with Gasteiger partial charge in [0.25, 0.3) is 5.56 Å². The van der Waals surface area contributed by atoms with Crippen molar-refractivity contribution in [2.45, 2.75) is 6.42 Å². The highest BCUT2D eigenvalue weighted by atomic mass is 16.5. The molecule has 0 bridgehead atoms. The molecule has 0 amide bonds. The van der Waals surface area contributed by atoms with Gasteiger partial charge in [0.05, 0.1) is 19.8 Å². The first-order valence-corrected chi connectivity index (χ1v) is 5.03. The molecule has 0 saturated heterocycles. The van der Waals surface area contributed by atoms with Crippen molar-refractivity contribution in [3.05, 3.63) is 27.9 Å². The van der Waals surface area contributed by atoms with E-state index in [1.54, 1.807) is 7.11 Å². The van der Waals surface area contributed by atoms with Crippen LogP contribution in [0.5, 0.6) is 0 Å². The van der Waals surface area contributed by atoms with Crippen molar-refractivity contribution in [1.29, 1.82) is 0 Å². The number of nitrogens with zero attached hydrogens (tertiary/aromatic N) is 1. The number of carboxylic acid groups (broad SMARTS) is 1. The number of rotatable bonds is 7. The fraction of sp³-hybridized carbons (Fsp3) is 0.500. The Balaban J connectivity index is 2.48. The maximum Gasteiger partial charge on any atom is 0.342 e. The van der Waals surface area contributed by atoms with Crippen molar-refractivity contribution in [1.82, 2.24) is 9.97 Å². The highest BCUT2D eigenvalue weighted by Crippen LogP contribution is 1.92. The molecule has 0 aromatic carbocycles. The molecule has 1 rings (SSSR count). The lowest BCUT2D eigenvalue weighted by Crippen LogP contribution is -2.20. The molecule has 1 aromatic rings. The minimum absolute atomic E-state index is 0.367. The zero-order valence-corrected chi connectivity index (χ0v) is 9.43. The number of carboxylic acids is 1. The zero-order chi connectivity index (χ0) is 12.7. The third-order valence-electron chi connectivity index (χ3n) is 2.00. The number of ether oxygens (including phenoxy) is 2. The van der Waals surface area contributed by atoms with E-state index in [0.717, 1.165) is 6.20 Å². The predicted octanol–water partition coefficient (Wildman–Crippen LogP) is -0.326. The highest BCUT2D eigenvalue weighted by Gasteiger charge is 2.09. The minimum Gasteiger partial charge on any atom is -0.477 e. The van der Waals surface area contributed by atoms with E-state index < -0.39 is 11.5 Å². The summed E-state index contributed by atoms with van der Waals surface area (Å²) in [5, 5.41) is 8.63. The molecule has 17 heavy (non-hydrogen) atoms. The molecule has 2 N–H and O–H groups in total. The first-order valence-electron chi connectivity index (χ1n) is 5.03. The van der Waals surface area contributed by atoms with Crippen LogP contribution >= 0.6 is 0 Å². The number of methoxy groups -OCH3 is 1. The first kappa shape index (κ1) is 13.3. The van der Waals surface area contributed by atoms with Crippen LogP contribution in [-0.4, -0.2) is 48.0 Å². The molecule has 1 aromatic heterocycles. The monoisotopic (exact) mass is 242 g/mol. The molecule has 0 aliphatic heterocycles. The van der Waals surface area contributed by atoms with E-state index in [4.69, 9.17) is 14.6 Å². The van der Waals surface area contributed by atoms with Gasteiger partial charge in [-0.1, -0.05) is 0 Å². The molecular weight excluding hydrogens is 228 g/mol. The van der Waals surface area contributed by atoms with Gasteiger partial charge >= 0.3 is 5.97 Å². The number of hydrogen-bond acceptors (Lipinski definition) is 5. The lowest BCUT2D eigenvalue weighted by molar-refractivity contribution is 0.0693. The second-order valence-corrected chi connectivity index (χ2v) is 3.23. The van der Waals surface area contributed by atoms with Crippen LogP contribution in [0.3, 0.4) is 0 Å². The molecule has 0 atom stereocenters.